The number of carbonyl (C=O) groups excluding carboxylic acids is 1. The van der Waals surface area contributed by atoms with Crippen molar-refractivity contribution in [2.45, 2.75) is 6.18 Å². The smallest absolute Gasteiger partial charge is 0.398 e. The molecule has 0 aliphatic carbocycles. The van der Waals surface area contributed by atoms with E-state index in [2.05, 4.69) is 27.9 Å². The number of benzene rings is 1. The summed E-state index contributed by atoms with van der Waals surface area (Å²) in [5.41, 5.74) is 4.41. The molecule has 0 radical (unpaired) electrons. The fourth-order valence-corrected chi connectivity index (χ4v) is 2.84. The summed E-state index contributed by atoms with van der Waals surface area (Å²) in [5.74, 6) is -0.456. The minimum Gasteiger partial charge on any atom is -0.398 e. The molecule has 1 aromatic carbocycles. The Morgan fingerprint density at radius 3 is 2.55 bits per heavy atom. The minimum absolute atomic E-state index is 0.0535. The Balaban J connectivity index is 2.24. The Morgan fingerprint density at radius 1 is 1.30 bits per heavy atom. The fourth-order valence-electron chi connectivity index (χ4n) is 1.51. The first-order chi connectivity index (χ1) is 9.27. The predicted octanol–water partition coefficient (Wildman–Crippen LogP) is 4.21. The maximum absolute atomic E-state index is 12.7. The van der Waals surface area contributed by atoms with Gasteiger partial charge in [0, 0.05) is 16.8 Å². The Hall–Kier alpha value is -1.29. The van der Waals surface area contributed by atoms with Crippen molar-refractivity contribution in [3.8, 4) is 0 Å². The largest absolute Gasteiger partial charge is 0.418 e. The molecule has 0 spiro atoms. The lowest BCUT2D eigenvalue weighted by Gasteiger charge is -2.12. The van der Waals surface area contributed by atoms with Gasteiger partial charge in [0.2, 0.25) is 0 Å². The summed E-state index contributed by atoms with van der Waals surface area (Å²) >= 11 is 3.44. The molecule has 20 heavy (non-hydrogen) atoms. The van der Waals surface area contributed by atoms with Crippen molar-refractivity contribution < 1.29 is 18.0 Å². The molecule has 1 amide bonds. The summed E-state index contributed by atoms with van der Waals surface area (Å²) < 4.78 is 39.0. The van der Waals surface area contributed by atoms with Crippen LogP contribution in [0.4, 0.5) is 24.5 Å². The number of alkyl halides is 3. The number of carbonyl (C=O) groups is 1. The average molecular weight is 412 g/mol. The van der Waals surface area contributed by atoms with Gasteiger partial charge in [0.15, 0.2) is 0 Å². The monoisotopic (exact) mass is 412 g/mol. The highest BCUT2D eigenvalue weighted by molar-refractivity contribution is 14.1. The lowest BCUT2D eigenvalue weighted by atomic mass is 10.1. The molecule has 0 fully saturated rings. The number of amides is 1. The highest BCUT2D eigenvalue weighted by atomic mass is 127. The molecule has 0 bridgehead atoms. The van der Waals surface area contributed by atoms with E-state index in [4.69, 9.17) is 5.73 Å². The standard InChI is InChI=1S/C12H8F3IN2OS/c13-12(14,15)8-4-7(1-2-9(8)17)18-11(19)6-3-10(16)20-5-6/h1-5H,17H2,(H,18,19). The molecule has 0 unspecified atom stereocenters. The number of rotatable bonds is 2. The van der Waals surface area contributed by atoms with Gasteiger partial charge < -0.3 is 11.1 Å². The number of halogens is 4. The van der Waals surface area contributed by atoms with Crippen molar-refractivity contribution in [1.29, 1.82) is 0 Å². The van der Waals surface area contributed by atoms with Gasteiger partial charge in [0.25, 0.3) is 5.91 Å². The van der Waals surface area contributed by atoms with Crippen LogP contribution in [0.5, 0.6) is 0 Å². The van der Waals surface area contributed by atoms with Crippen LogP contribution in [-0.4, -0.2) is 5.91 Å². The highest BCUT2D eigenvalue weighted by Crippen LogP contribution is 2.35. The van der Waals surface area contributed by atoms with Gasteiger partial charge in [0.1, 0.15) is 0 Å². The van der Waals surface area contributed by atoms with Gasteiger partial charge >= 0.3 is 6.18 Å². The zero-order valence-corrected chi connectivity index (χ0v) is 12.8. The zero-order valence-electron chi connectivity index (χ0n) is 9.79. The van der Waals surface area contributed by atoms with Gasteiger partial charge in [-0.15, -0.1) is 11.3 Å². The van der Waals surface area contributed by atoms with E-state index < -0.39 is 17.6 Å². The molecule has 1 heterocycles. The lowest BCUT2D eigenvalue weighted by molar-refractivity contribution is -0.136. The van der Waals surface area contributed by atoms with Gasteiger partial charge in [-0.05, 0) is 46.9 Å². The molecule has 106 valence electrons. The Morgan fingerprint density at radius 2 is 2.00 bits per heavy atom. The summed E-state index contributed by atoms with van der Waals surface area (Å²) in [6.45, 7) is 0. The molecule has 1 aromatic heterocycles. The molecule has 0 atom stereocenters. The molecule has 8 heteroatoms. The van der Waals surface area contributed by atoms with Crippen LogP contribution in [0.15, 0.2) is 29.6 Å². The number of anilines is 2. The maximum Gasteiger partial charge on any atom is 0.418 e. The van der Waals surface area contributed by atoms with Crippen molar-refractivity contribution in [2.24, 2.45) is 0 Å². The first kappa shape index (κ1) is 15.1. The summed E-state index contributed by atoms with van der Waals surface area (Å²) in [6.07, 6.45) is -4.55. The van der Waals surface area contributed by atoms with E-state index in [1.807, 2.05) is 0 Å². The molecule has 0 aliphatic rings. The zero-order chi connectivity index (χ0) is 14.9. The van der Waals surface area contributed by atoms with Crippen LogP contribution in [-0.2, 0) is 6.18 Å². The summed E-state index contributed by atoms with van der Waals surface area (Å²) in [7, 11) is 0. The molecule has 2 rings (SSSR count). The second-order valence-electron chi connectivity index (χ2n) is 3.89. The Labute approximate surface area is 130 Å². The quantitative estimate of drug-likeness (QED) is 0.574. The highest BCUT2D eigenvalue weighted by Gasteiger charge is 2.33. The molecule has 3 nitrogen and oxygen atoms in total. The predicted molar refractivity (Wildman–Crippen MR) is 80.8 cm³/mol. The van der Waals surface area contributed by atoms with Crippen LogP contribution < -0.4 is 11.1 Å². The second-order valence-corrected chi connectivity index (χ2v) is 6.70. The maximum atomic E-state index is 12.7. The van der Waals surface area contributed by atoms with Crippen LogP contribution in [0, 0.1) is 2.88 Å². The topological polar surface area (TPSA) is 55.1 Å². The number of hydrogen-bond acceptors (Lipinski definition) is 3. The van der Waals surface area contributed by atoms with Crippen molar-refractivity contribution in [3.05, 3.63) is 43.7 Å². The van der Waals surface area contributed by atoms with Crippen LogP contribution >= 0.6 is 33.9 Å². The van der Waals surface area contributed by atoms with Crippen LogP contribution in [0.1, 0.15) is 15.9 Å². The Kier molecular flexibility index (Phi) is 4.23. The van der Waals surface area contributed by atoms with Crippen molar-refractivity contribution in [1.82, 2.24) is 0 Å². The number of thiophene rings is 1. The van der Waals surface area contributed by atoms with E-state index in [1.165, 1.54) is 17.4 Å². The van der Waals surface area contributed by atoms with Gasteiger partial charge in [-0.1, -0.05) is 0 Å². The Bertz CT molecular complexity index is 654. The summed E-state index contributed by atoms with van der Waals surface area (Å²) in [4.78, 5) is 11.9. The third-order valence-corrected chi connectivity index (χ3v) is 4.24. The van der Waals surface area contributed by atoms with Gasteiger partial charge in [-0.25, -0.2) is 0 Å². The van der Waals surface area contributed by atoms with E-state index in [9.17, 15) is 18.0 Å². The minimum atomic E-state index is -4.55. The van der Waals surface area contributed by atoms with E-state index in [1.54, 1.807) is 11.4 Å². The third kappa shape index (κ3) is 3.42. The molecule has 3 N–H and O–H groups in total. The molecule has 0 aliphatic heterocycles. The van der Waals surface area contributed by atoms with E-state index >= 15 is 0 Å². The SMILES string of the molecule is Nc1ccc(NC(=O)c2csc(I)c2)cc1C(F)(F)F. The molecular formula is C12H8F3IN2OS. The molecule has 0 saturated carbocycles. The first-order valence-corrected chi connectivity index (χ1v) is 7.25. The molecular weight excluding hydrogens is 404 g/mol. The fraction of sp³-hybridized carbons (Fsp3) is 0.0833. The van der Waals surface area contributed by atoms with Crippen LogP contribution in [0.3, 0.4) is 0 Å². The first-order valence-electron chi connectivity index (χ1n) is 5.29. The van der Waals surface area contributed by atoms with E-state index in [-0.39, 0.29) is 11.4 Å². The normalized spacial score (nSPS) is 11.4. The number of nitrogens with two attached hydrogens (primary N) is 1. The van der Waals surface area contributed by atoms with Crippen LogP contribution in [0.2, 0.25) is 0 Å². The lowest BCUT2D eigenvalue weighted by Crippen LogP contribution is -2.13. The van der Waals surface area contributed by atoms with Crippen molar-refractivity contribution in [2.75, 3.05) is 11.1 Å². The van der Waals surface area contributed by atoms with Gasteiger partial charge in [-0.2, -0.15) is 13.2 Å². The van der Waals surface area contributed by atoms with Crippen LogP contribution in [0.25, 0.3) is 0 Å². The number of nitrogen functional groups attached to an aromatic ring is 1. The molecule has 2 aromatic rings. The van der Waals surface area contributed by atoms with E-state index in [0.29, 0.717) is 5.56 Å². The number of hydrogen-bond donors (Lipinski definition) is 2. The van der Waals surface area contributed by atoms with Crippen molar-refractivity contribution in [3.63, 3.8) is 0 Å². The second kappa shape index (κ2) is 5.60. The summed E-state index contributed by atoms with van der Waals surface area (Å²) in [6, 6.07) is 4.93. The molecule has 0 saturated heterocycles. The number of nitrogens with one attached hydrogen (secondary N) is 1. The van der Waals surface area contributed by atoms with Crippen molar-refractivity contribution >= 4 is 51.2 Å². The summed E-state index contributed by atoms with van der Waals surface area (Å²) in [5, 5.41) is 4.06. The van der Waals surface area contributed by atoms with Gasteiger partial charge in [-0.3, -0.25) is 4.79 Å². The third-order valence-electron chi connectivity index (χ3n) is 2.45. The van der Waals surface area contributed by atoms with Gasteiger partial charge in [0.05, 0.1) is 14.0 Å². The average Bonchev–Trinajstić information content (AvgIpc) is 2.77. The van der Waals surface area contributed by atoms with E-state index in [0.717, 1.165) is 15.0 Å².